The molecule has 3 aromatic heterocycles. The van der Waals surface area contributed by atoms with E-state index in [1.165, 1.54) is 40.3 Å². The van der Waals surface area contributed by atoms with Crippen molar-refractivity contribution in [1.82, 2.24) is 0 Å². The third-order valence-electron chi connectivity index (χ3n) is 12.6. The predicted molar refractivity (Wildman–Crippen MR) is 284 cm³/mol. The van der Waals surface area contributed by atoms with Gasteiger partial charge in [0.15, 0.2) is 0 Å². The van der Waals surface area contributed by atoms with Gasteiger partial charge in [-0.2, -0.15) is 0 Å². The number of furan rings is 1. The molecule has 0 aliphatic rings. The first-order valence-corrected chi connectivity index (χ1v) is 23.8. The van der Waals surface area contributed by atoms with Gasteiger partial charge in [-0.05, 0) is 127 Å². The minimum absolute atomic E-state index is 0.862. The maximum Gasteiger partial charge on any atom is 0.135 e. The highest BCUT2D eigenvalue weighted by Gasteiger charge is 2.24. The van der Waals surface area contributed by atoms with Crippen LogP contribution in [0.5, 0.6) is 0 Å². The zero-order chi connectivity index (χ0) is 43.6. The van der Waals surface area contributed by atoms with Crippen molar-refractivity contribution < 1.29 is 4.42 Å². The van der Waals surface area contributed by atoms with Crippen molar-refractivity contribution in [3.63, 3.8) is 0 Å². The molecule has 0 saturated heterocycles. The lowest BCUT2D eigenvalue weighted by Crippen LogP contribution is -2.16. The first-order chi connectivity index (χ1) is 32.7. The second-order valence-corrected chi connectivity index (χ2v) is 18.7. The van der Waals surface area contributed by atoms with Crippen LogP contribution in [0.1, 0.15) is 0 Å². The Morgan fingerprint density at radius 3 is 1.05 bits per heavy atom. The Bertz CT molecular complexity index is 3490. The molecule has 0 aliphatic heterocycles. The molecule has 312 valence electrons. The van der Waals surface area contributed by atoms with E-state index in [-0.39, 0.29) is 0 Å². The summed E-state index contributed by atoms with van der Waals surface area (Å²) in [6.07, 6.45) is 0. The highest BCUT2D eigenvalue weighted by atomic mass is 32.1. The molecular formula is C60H39N3OS2. The molecule has 0 atom stereocenters. The average Bonchev–Trinajstić information content (AvgIpc) is 4.06. The smallest absolute Gasteiger partial charge is 0.135 e. The molecule has 0 radical (unpaired) electrons. The number of thiophene rings is 2. The number of nitrogens with zero attached hydrogens (tertiary/aromatic N) is 3. The zero-order valence-electron chi connectivity index (χ0n) is 35.6. The van der Waals surface area contributed by atoms with E-state index in [1.54, 1.807) is 0 Å². The average molecular weight is 882 g/mol. The van der Waals surface area contributed by atoms with E-state index in [9.17, 15) is 0 Å². The summed E-state index contributed by atoms with van der Waals surface area (Å²) in [6, 6.07) is 85.5. The van der Waals surface area contributed by atoms with Gasteiger partial charge in [-0.1, -0.05) is 109 Å². The van der Waals surface area contributed by atoms with Crippen molar-refractivity contribution in [2.45, 2.75) is 0 Å². The number of hydrogen-bond acceptors (Lipinski definition) is 6. The monoisotopic (exact) mass is 881 g/mol. The molecule has 4 nitrogen and oxygen atoms in total. The van der Waals surface area contributed by atoms with Gasteiger partial charge in [-0.3, -0.25) is 0 Å². The van der Waals surface area contributed by atoms with Gasteiger partial charge in [0.1, 0.15) is 11.2 Å². The minimum atomic E-state index is 0.862. The fourth-order valence-electron chi connectivity index (χ4n) is 9.60. The Morgan fingerprint density at radius 2 is 0.576 bits per heavy atom. The molecule has 13 aromatic rings. The highest BCUT2D eigenvalue weighted by molar-refractivity contribution is 7.26. The van der Waals surface area contributed by atoms with Gasteiger partial charge in [0.2, 0.25) is 0 Å². The normalized spacial score (nSPS) is 11.6. The molecular weight excluding hydrogens is 843 g/mol. The van der Waals surface area contributed by atoms with Gasteiger partial charge in [-0.25, -0.2) is 0 Å². The van der Waals surface area contributed by atoms with Crippen LogP contribution in [-0.2, 0) is 0 Å². The molecule has 0 bridgehead atoms. The standard InChI is InChI=1S/C60H39N3OS2/c1-4-16-40(17-5-1)61(43-28-31-56-52(37-43)49-22-10-13-25-55(49)64-56)46-34-47(62(41-18-6-2-7-19-41)44-29-32-59-53(38-44)50-23-11-14-26-57(50)65-59)36-48(35-46)63(42-20-8-3-9-21-42)45-30-33-60-54(39-45)51-24-12-15-27-58(51)66-60/h1-39H. The molecule has 13 rings (SSSR count). The van der Waals surface area contributed by atoms with Crippen LogP contribution < -0.4 is 14.7 Å². The van der Waals surface area contributed by atoms with Crippen LogP contribution in [0.15, 0.2) is 241 Å². The molecule has 0 unspecified atom stereocenters. The number of rotatable bonds is 9. The molecule has 0 saturated carbocycles. The number of hydrogen-bond donors (Lipinski definition) is 0. The van der Waals surface area contributed by atoms with Crippen molar-refractivity contribution in [3.05, 3.63) is 237 Å². The van der Waals surface area contributed by atoms with E-state index in [4.69, 9.17) is 4.42 Å². The summed E-state index contributed by atoms with van der Waals surface area (Å²) < 4.78 is 11.5. The van der Waals surface area contributed by atoms with E-state index in [0.29, 0.717) is 0 Å². The molecule has 0 fully saturated rings. The van der Waals surface area contributed by atoms with Crippen LogP contribution in [-0.4, -0.2) is 0 Å². The fourth-order valence-corrected chi connectivity index (χ4v) is 11.8. The largest absolute Gasteiger partial charge is 0.456 e. The molecule has 0 aliphatic carbocycles. The molecule has 10 aromatic carbocycles. The summed E-state index contributed by atoms with van der Waals surface area (Å²) >= 11 is 3.69. The van der Waals surface area contributed by atoms with E-state index in [2.05, 4.69) is 239 Å². The lowest BCUT2D eigenvalue weighted by molar-refractivity contribution is 0.669. The summed E-state index contributed by atoms with van der Waals surface area (Å²) in [5, 5.41) is 7.20. The van der Waals surface area contributed by atoms with E-state index >= 15 is 0 Å². The molecule has 0 N–H and O–H groups in total. The van der Waals surface area contributed by atoms with E-state index in [1.807, 2.05) is 34.8 Å². The van der Waals surface area contributed by atoms with E-state index in [0.717, 1.165) is 73.1 Å². The van der Waals surface area contributed by atoms with Crippen LogP contribution in [0.4, 0.5) is 51.2 Å². The predicted octanol–water partition coefficient (Wildman–Crippen LogP) is 18.7. The number of benzene rings is 10. The van der Waals surface area contributed by atoms with Crippen LogP contribution in [0.3, 0.4) is 0 Å². The van der Waals surface area contributed by atoms with Crippen LogP contribution in [0.25, 0.3) is 62.3 Å². The van der Waals surface area contributed by atoms with Crippen molar-refractivity contribution in [3.8, 4) is 0 Å². The zero-order valence-corrected chi connectivity index (χ0v) is 37.2. The van der Waals surface area contributed by atoms with Crippen molar-refractivity contribution in [2.24, 2.45) is 0 Å². The van der Waals surface area contributed by atoms with Crippen LogP contribution in [0, 0.1) is 0 Å². The lowest BCUT2D eigenvalue weighted by atomic mass is 10.1. The third-order valence-corrected chi connectivity index (χ3v) is 14.9. The quantitative estimate of drug-likeness (QED) is 0.144. The summed E-state index contributed by atoms with van der Waals surface area (Å²) in [5.74, 6) is 0. The molecule has 66 heavy (non-hydrogen) atoms. The summed E-state index contributed by atoms with van der Waals surface area (Å²) in [7, 11) is 0. The third kappa shape index (κ3) is 6.57. The maximum atomic E-state index is 6.37. The number of fused-ring (bicyclic) bond motifs is 9. The lowest BCUT2D eigenvalue weighted by Gasteiger charge is -2.33. The number of anilines is 9. The van der Waals surface area contributed by atoms with Gasteiger partial charge in [0.25, 0.3) is 0 Å². The van der Waals surface area contributed by atoms with Gasteiger partial charge >= 0.3 is 0 Å². The Labute approximate surface area is 389 Å². The second kappa shape index (κ2) is 15.8. The molecule has 6 heteroatoms. The fraction of sp³-hybridized carbons (Fsp3) is 0. The Hall–Kier alpha value is -8.16. The van der Waals surface area contributed by atoms with Gasteiger partial charge in [0.05, 0.1) is 17.1 Å². The van der Waals surface area contributed by atoms with Crippen LogP contribution in [0.2, 0.25) is 0 Å². The van der Waals surface area contributed by atoms with Crippen LogP contribution >= 0.6 is 22.7 Å². The molecule has 0 spiro atoms. The maximum absolute atomic E-state index is 6.37. The van der Waals surface area contributed by atoms with Gasteiger partial charge in [-0.15, -0.1) is 22.7 Å². The van der Waals surface area contributed by atoms with Crippen molar-refractivity contribution in [1.29, 1.82) is 0 Å². The Kier molecular flexibility index (Phi) is 9.18. The Morgan fingerprint density at radius 1 is 0.227 bits per heavy atom. The summed E-state index contributed by atoms with van der Waals surface area (Å²) in [6.45, 7) is 0. The van der Waals surface area contributed by atoms with Gasteiger partial charge < -0.3 is 19.1 Å². The SMILES string of the molecule is c1ccc(N(c2cc(N(c3ccccc3)c3ccc4sc5ccccc5c4c3)cc(N(c3ccccc3)c3ccc4sc5ccccc5c4c3)c2)c2ccc3oc4ccccc4c3c2)cc1. The number of para-hydroxylation sites is 4. The van der Waals surface area contributed by atoms with Crippen molar-refractivity contribution >= 4 is 136 Å². The first-order valence-electron chi connectivity index (χ1n) is 22.1. The molecule has 3 heterocycles. The first kappa shape index (κ1) is 38.3. The Balaban J connectivity index is 1.10. The summed E-state index contributed by atoms with van der Waals surface area (Å²) in [4.78, 5) is 7.20. The van der Waals surface area contributed by atoms with Crippen molar-refractivity contribution in [2.75, 3.05) is 14.7 Å². The van der Waals surface area contributed by atoms with Gasteiger partial charge in [0, 0.05) is 85.2 Å². The second-order valence-electron chi connectivity index (χ2n) is 16.6. The summed E-state index contributed by atoms with van der Waals surface area (Å²) in [5.41, 5.74) is 11.1. The highest BCUT2D eigenvalue weighted by Crippen LogP contribution is 2.48. The van der Waals surface area contributed by atoms with E-state index < -0.39 is 0 Å². The molecule has 0 amide bonds. The minimum Gasteiger partial charge on any atom is -0.456 e. The topological polar surface area (TPSA) is 22.9 Å².